The van der Waals surface area contributed by atoms with Gasteiger partial charge in [-0.25, -0.2) is 0 Å². The molecule has 0 aliphatic heterocycles. The van der Waals surface area contributed by atoms with Crippen LogP contribution < -0.4 is 0 Å². The van der Waals surface area contributed by atoms with Gasteiger partial charge in [-0.1, -0.05) is 32.9 Å². The molecule has 0 unspecified atom stereocenters. The minimum Gasteiger partial charge on any atom is -0.462 e. The fraction of sp³-hybridized carbons (Fsp3) is 0.708. The van der Waals surface area contributed by atoms with Crippen LogP contribution in [0.5, 0.6) is 0 Å². The molecule has 0 amide bonds. The Hall–Kier alpha value is -1.91. The van der Waals surface area contributed by atoms with Gasteiger partial charge in [0.1, 0.15) is 11.7 Å². The molecule has 1 fully saturated rings. The molecule has 162 valence electrons. The van der Waals surface area contributed by atoms with E-state index in [0.29, 0.717) is 19.3 Å². The SMILES string of the molecule is C=C[C@](C)(CC[C@]1(C)[C@@H](C)[C@H](OC(C)=O)C[C@@]2(C)C(C)=CC(=O)C[C@@H]12)OC(C)=O. The molecule has 6 atom stereocenters. The number of carbonyl (C=O) groups excluding carboxylic acids is 3. The van der Waals surface area contributed by atoms with Crippen LogP contribution in [-0.4, -0.2) is 29.4 Å². The number of ether oxygens (including phenoxy) is 2. The highest BCUT2D eigenvalue weighted by Crippen LogP contribution is 2.62. The van der Waals surface area contributed by atoms with Gasteiger partial charge in [0.2, 0.25) is 0 Å². The van der Waals surface area contributed by atoms with Crippen molar-refractivity contribution in [2.75, 3.05) is 0 Å². The van der Waals surface area contributed by atoms with Crippen molar-refractivity contribution in [3.63, 3.8) is 0 Å². The van der Waals surface area contributed by atoms with E-state index in [1.54, 1.807) is 12.2 Å². The molecule has 29 heavy (non-hydrogen) atoms. The first-order valence-electron chi connectivity index (χ1n) is 10.5. The molecule has 2 aliphatic rings. The predicted molar refractivity (Wildman–Crippen MR) is 112 cm³/mol. The van der Waals surface area contributed by atoms with Crippen LogP contribution in [0.1, 0.15) is 74.1 Å². The highest BCUT2D eigenvalue weighted by Gasteiger charge is 2.58. The number of carbonyl (C=O) groups is 3. The Morgan fingerprint density at radius 3 is 2.45 bits per heavy atom. The zero-order valence-corrected chi connectivity index (χ0v) is 19.0. The molecule has 1 saturated carbocycles. The van der Waals surface area contributed by atoms with Crippen molar-refractivity contribution in [1.29, 1.82) is 0 Å². The van der Waals surface area contributed by atoms with Crippen molar-refractivity contribution >= 4 is 17.7 Å². The second kappa shape index (κ2) is 8.08. The fourth-order valence-electron chi connectivity index (χ4n) is 5.57. The van der Waals surface area contributed by atoms with Crippen LogP contribution in [0.15, 0.2) is 24.3 Å². The lowest BCUT2D eigenvalue weighted by Crippen LogP contribution is -2.57. The van der Waals surface area contributed by atoms with Gasteiger partial charge < -0.3 is 9.47 Å². The summed E-state index contributed by atoms with van der Waals surface area (Å²) in [6.07, 6.45) is 5.72. The fourth-order valence-corrected chi connectivity index (χ4v) is 5.57. The summed E-state index contributed by atoms with van der Waals surface area (Å²) in [5.74, 6) is -0.282. The van der Waals surface area contributed by atoms with E-state index in [1.165, 1.54) is 13.8 Å². The molecule has 0 heterocycles. The number of fused-ring (bicyclic) bond motifs is 1. The maximum atomic E-state index is 12.5. The van der Waals surface area contributed by atoms with Gasteiger partial charge in [-0.05, 0) is 67.9 Å². The third-order valence-corrected chi connectivity index (χ3v) is 7.76. The van der Waals surface area contributed by atoms with Gasteiger partial charge in [0.05, 0.1) is 0 Å². The van der Waals surface area contributed by atoms with Gasteiger partial charge in [-0.2, -0.15) is 0 Å². The smallest absolute Gasteiger partial charge is 0.303 e. The van der Waals surface area contributed by atoms with Gasteiger partial charge in [0.25, 0.3) is 0 Å². The minimum absolute atomic E-state index is 0.0644. The maximum Gasteiger partial charge on any atom is 0.303 e. The van der Waals surface area contributed by atoms with Crippen molar-refractivity contribution in [1.82, 2.24) is 0 Å². The van der Waals surface area contributed by atoms with E-state index in [0.717, 1.165) is 12.0 Å². The first-order chi connectivity index (χ1) is 13.3. The largest absolute Gasteiger partial charge is 0.462 e. The first kappa shape index (κ1) is 23.4. The van der Waals surface area contributed by atoms with Crippen molar-refractivity contribution < 1.29 is 23.9 Å². The molecule has 2 aliphatic carbocycles. The Balaban J connectivity index is 2.45. The molecule has 0 saturated heterocycles. The maximum absolute atomic E-state index is 12.5. The molecule has 0 aromatic carbocycles. The van der Waals surface area contributed by atoms with Gasteiger partial charge in [0.15, 0.2) is 5.78 Å². The van der Waals surface area contributed by atoms with Crippen LogP contribution in [0.3, 0.4) is 0 Å². The Morgan fingerprint density at radius 2 is 1.93 bits per heavy atom. The summed E-state index contributed by atoms with van der Waals surface area (Å²) in [6.45, 7) is 17.1. The van der Waals surface area contributed by atoms with E-state index < -0.39 is 5.60 Å². The molecule has 0 aromatic heterocycles. The van der Waals surface area contributed by atoms with Gasteiger partial charge in [0, 0.05) is 20.3 Å². The Labute approximate surface area is 174 Å². The van der Waals surface area contributed by atoms with E-state index in [4.69, 9.17) is 9.47 Å². The zero-order chi connectivity index (χ0) is 22.2. The lowest BCUT2D eigenvalue weighted by molar-refractivity contribution is -0.174. The number of rotatable bonds is 6. The molecule has 0 radical (unpaired) electrons. The first-order valence-corrected chi connectivity index (χ1v) is 10.5. The van der Waals surface area contributed by atoms with Crippen LogP contribution >= 0.6 is 0 Å². The second-order valence-electron chi connectivity index (χ2n) is 9.72. The van der Waals surface area contributed by atoms with Crippen LogP contribution in [-0.2, 0) is 23.9 Å². The van der Waals surface area contributed by atoms with E-state index in [-0.39, 0.29) is 46.5 Å². The Morgan fingerprint density at radius 1 is 1.31 bits per heavy atom. The summed E-state index contributed by atoms with van der Waals surface area (Å²) >= 11 is 0. The Kier molecular flexibility index (Phi) is 6.51. The van der Waals surface area contributed by atoms with Gasteiger partial charge in [-0.15, -0.1) is 0 Å². The average molecular weight is 405 g/mol. The molecule has 0 spiro atoms. The molecule has 5 nitrogen and oxygen atoms in total. The summed E-state index contributed by atoms with van der Waals surface area (Å²) in [5, 5.41) is 0. The number of esters is 2. The summed E-state index contributed by atoms with van der Waals surface area (Å²) < 4.78 is 11.3. The molecule has 0 N–H and O–H groups in total. The number of hydrogen-bond acceptors (Lipinski definition) is 5. The van der Waals surface area contributed by atoms with Crippen molar-refractivity contribution in [2.24, 2.45) is 22.7 Å². The average Bonchev–Trinajstić information content (AvgIpc) is 2.60. The number of hydrogen-bond donors (Lipinski definition) is 0. The van der Waals surface area contributed by atoms with E-state index >= 15 is 0 Å². The zero-order valence-electron chi connectivity index (χ0n) is 19.0. The topological polar surface area (TPSA) is 69.7 Å². The lowest BCUT2D eigenvalue weighted by atomic mass is 9.46. The summed E-state index contributed by atoms with van der Waals surface area (Å²) in [5.41, 5.74) is -0.215. The summed E-state index contributed by atoms with van der Waals surface area (Å²) in [6, 6.07) is 0. The van der Waals surface area contributed by atoms with E-state index in [2.05, 4.69) is 27.4 Å². The molecule has 0 bridgehead atoms. The van der Waals surface area contributed by atoms with Crippen molar-refractivity contribution in [3.05, 3.63) is 24.3 Å². The monoisotopic (exact) mass is 404 g/mol. The van der Waals surface area contributed by atoms with Gasteiger partial charge in [-0.3, -0.25) is 14.4 Å². The van der Waals surface area contributed by atoms with E-state index in [9.17, 15) is 14.4 Å². The molecule has 5 heteroatoms. The molecular weight excluding hydrogens is 368 g/mol. The quantitative estimate of drug-likeness (QED) is 0.470. The molecular formula is C24H36O5. The number of allylic oxidation sites excluding steroid dienone is 2. The van der Waals surface area contributed by atoms with Crippen molar-refractivity contribution in [2.45, 2.75) is 85.9 Å². The third-order valence-electron chi connectivity index (χ3n) is 7.76. The van der Waals surface area contributed by atoms with Gasteiger partial charge >= 0.3 is 11.9 Å². The van der Waals surface area contributed by atoms with E-state index in [1.807, 2.05) is 13.8 Å². The minimum atomic E-state index is -0.775. The summed E-state index contributed by atoms with van der Waals surface area (Å²) in [7, 11) is 0. The Bertz CT molecular complexity index is 738. The third kappa shape index (κ3) is 4.49. The number of ketones is 1. The second-order valence-corrected chi connectivity index (χ2v) is 9.72. The van der Waals surface area contributed by atoms with Crippen LogP contribution in [0.25, 0.3) is 0 Å². The highest BCUT2D eigenvalue weighted by atomic mass is 16.6. The highest BCUT2D eigenvalue weighted by molar-refractivity contribution is 5.92. The summed E-state index contributed by atoms with van der Waals surface area (Å²) in [4.78, 5) is 35.8. The lowest BCUT2D eigenvalue weighted by Gasteiger charge is -2.59. The normalized spacial score (nSPS) is 36.3. The molecule has 0 aromatic rings. The standard InChI is InChI=1S/C24H36O5/c1-9-22(6,29-18(5)26)10-11-23(7)16(3)20(28-17(4)25)14-24(8)15(2)12-19(27)13-21(23)24/h9,12,16,20-21H,1,10-11,13-14H2,2-8H3/t16-,20+,21-,22+,23+,24-/m0/s1. The van der Waals surface area contributed by atoms with Crippen molar-refractivity contribution in [3.8, 4) is 0 Å². The van der Waals surface area contributed by atoms with Crippen LogP contribution in [0, 0.1) is 22.7 Å². The van der Waals surface area contributed by atoms with Crippen LogP contribution in [0.4, 0.5) is 0 Å². The van der Waals surface area contributed by atoms with Crippen LogP contribution in [0.2, 0.25) is 0 Å². The predicted octanol–water partition coefficient (Wildman–Crippen LogP) is 4.79. The molecule has 2 rings (SSSR count).